The second-order valence-electron chi connectivity index (χ2n) is 2.43. The van der Waals surface area contributed by atoms with Gasteiger partial charge in [-0.1, -0.05) is 6.92 Å². The first-order valence-electron chi connectivity index (χ1n) is 3.49. The molecule has 0 aliphatic heterocycles. The van der Waals surface area contributed by atoms with Crippen molar-refractivity contribution in [3.63, 3.8) is 0 Å². The lowest BCUT2D eigenvalue weighted by Crippen LogP contribution is -2.09. The molecule has 0 saturated heterocycles. The van der Waals surface area contributed by atoms with Crippen LogP contribution in [0.1, 0.15) is 25.1 Å². The lowest BCUT2D eigenvalue weighted by molar-refractivity contribution is 0.643. The monoisotopic (exact) mass is 175 g/mol. The first-order chi connectivity index (χ1) is 4.74. The van der Waals surface area contributed by atoms with E-state index in [0.717, 1.165) is 12.1 Å². The molecule has 1 rings (SSSR count). The topological polar surface area (TPSA) is 43.8 Å². The van der Waals surface area contributed by atoms with Gasteiger partial charge in [0.05, 0.1) is 5.69 Å². The SMILES string of the molecule is CCC(N)c1ccn(C)n1.Cl. The Morgan fingerprint density at radius 3 is 2.73 bits per heavy atom. The third kappa shape index (κ3) is 2.52. The van der Waals surface area contributed by atoms with Crippen LogP contribution in [0.5, 0.6) is 0 Å². The molecule has 0 saturated carbocycles. The molecule has 3 nitrogen and oxygen atoms in total. The molecule has 0 aromatic carbocycles. The highest BCUT2D eigenvalue weighted by Gasteiger charge is 2.04. The van der Waals surface area contributed by atoms with Gasteiger partial charge in [0.1, 0.15) is 0 Å². The van der Waals surface area contributed by atoms with Crippen LogP contribution in [0.15, 0.2) is 12.3 Å². The molecule has 1 heterocycles. The Kier molecular flexibility index (Phi) is 4.15. The molecule has 64 valence electrons. The Labute approximate surface area is 73.0 Å². The fourth-order valence-electron chi connectivity index (χ4n) is 0.840. The first kappa shape index (κ1) is 10.5. The normalized spacial score (nSPS) is 12.3. The van der Waals surface area contributed by atoms with Crippen LogP contribution in [0.3, 0.4) is 0 Å². The van der Waals surface area contributed by atoms with Crippen molar-refractivity contribution in [3.8, 4) is 0 Å². The van der Waals surface area contributed by atoms with Crippen LogP contribution in [0.2, 0.25) is 0 Å². The summed E-state index contributed by atoms with van der Waals surface area (Å²) in [6, 6.07) is 2.05. The Morgan fingerprint density at radius 1 is 1.73 bits per heavy atom. The van der Waals surface area contributed by atoms with E-state index in [2.05, 4.69) is 12.0 Å². The van der Waals surface area contributed by atoms with Crippen LogP contribution in [0.4, 0.5) is 0 Å². The molecule has 1 atom stereocenters. The lowest BCUT2D eigenvalue weighted by atomic mass is 10.2. The number of hydrogen-bond acceptors (Lipinski definition) is 2. The minimum Gasteiger partial charge on any atom is -0.323 e. The van der Waals surface area contributed by atoms with Gasteiger partial charge >= 0.3 is 0 Å². The summed E-state index contributed by atoms with van der Waals surface area (Å²) in [7, 11) is 1.89. The number of nitrogens with two attached hydrogens (primary N) is 1. The summed E-state index contributed by atoms with van der Waals surface area (Å²) in [5.74, 6) is 0. The molecule has 2 N–H and O–H groups in total. The van der Waals surface area contributed by atoms with Crippen LogP contribution in [0.25, 0.3) is 0 Å². The smallest absolute Gasteiger partial charge is 0.0791 e. The summed E-state index contributed by atoms with van der Waals surface area (Å²) < 4.78 is 1.77. The molecule has 0 radical (unpaired) electrons. The molecule has 0 spiro atoms. The average molecular weight is 176 g/mol. The quantitative estimate of drug-likeness (QED) is 0.736. The van der Waals surface area contributed by atoms with E-state index in [1.165, 1.54) is 0 Å². The van der Waals surface area contributed by atoms with E-state index in [1.54, 1.807) is 4.68 Å². The van der Waals surface area contributed by atoms with Gasteiger partial charge in [-0.05, 0) is 12.5 Å². The maximum Gasteiger partial charge on any atom is 0.0791 e. The fraction of sp³-hybridized carbons (Fsp3) is 0.571. The van der Waals surface area contributed by atoms with Gasteiger partial charge in [-0.15, -0.1) is 12.4 Å². The minimum atomic E-state index is 0. The van der Waals surface area contributed by atoms with Crippen molar-refractivity contribution in [2.75, 3.05) is 0 Å². The summed E-state index contributed by atoms with van der Waals surface area (Å²) in [4.78, 5) is 0. The number of aryl methyl sites for hydroxylation is 1. The number of halogens is 1. The van der Waals surface area contributed by atoms with Crippen LogP contribution in [0, 0.1) is 0 Å². The summed E-state index contributed by atoms with van der Waals surface area (Å²) in [5, 5.41) is 4.17. The average Bonchev–Trinajstić information content (AvgIpc) is 2.34. The van der Waals surface area contributed by atoms with Gasteiger partial charge in [0, 0.05) is 19.3 Å². The molecule has 1 aromatic rings. The molecule has 11 heavy (non-hydrogen) atoms. The molecular formula is C7H14ClN3. The Bertz CT molecular complexity index is 209. The maximum atomic E-state index is 5.73. The van der Waals surface area contributed by atoms with Crippen LogP contribution >= 0.6 is 12.4 Å². The summed E-state index contributed by atoms with van der Waals surface area (Å²) in [6.07, 6.45) is 2.85. The molecule has 0 fully saturated rings. The molecule has 1 unspecified atom stereocenters. The van der Waals surface area contributed by atoms with Crippen LogP contribution in [-0.2, 0) is 7.05 Å². The zero-order valence-corrected chi connectivity index (χ0v) is 7.64. The second-order valence-corrected chi connectivity index (χ2v) is 2.43. The van der Waals surface area contributed by atoms with Crippen molar-refractivity contribution >= 4 is 12.4 Å². The predicted molar refractivity (Wildman–Crippen MR) is 47.7 cm³/mol. The number of nitrogens with zero attached hydrogens (tertiary/aromatic N) is 2. The lowest BCUT2D eigenvalue weighted by Gasteiger charge is -2.02. The summed E-state index contributed by atoms with van der Waals surface area (Å²) in [6.45, 7) is 2.05. The van der Waals surface area contributed by atoms with Gasteiger partial charge in [0.15, 0.2) is 0 Å². The minimum absolute atomic E-state index is 0. The molecule has 0 aliphatic carbocycles. The molecule has 0 amide bonds. The first-order valence-corrected chi connectivity index (χ1v) is 3.49. The fourth-order valence-corrected chi connectivity index (χ4v) is 0.840. The van der Waals surface area contributed by atoms with Crippen molar-refractivity contribution in [3.05, 3.63) is 18.0 Å². The molecule has 1 aromatic heterocycles. The van der Waals surface area contributed by atoms with E-state index in [1.807, 2.05) is 19.3 Å². The third-order valence-corrected chi connectivity index (χ3v) is 1.55. The molecule has 0 aliphatic rings. The highest BCUT2D eigenvalue weighted by molar-refractivity contribution is 5.85. The van der Waals surface area contributed by atoms with Gasteiger partial charge < -0.3 is 5.73 Å². The van der Waals surface area contributed by atoms with Crippen LogP contribution in [-0.4, -0.2) is 9.78 Å². The van der Waals surface area contributed by atoms with Gasteiger partial charge in [0.2, 0.25) is 0 Å². The van der Waals surface area contributed by atoms with Crippen molar-refractivity contribution in [2.45, 2.75) is 19.4 Å². The van der Waals surface area contributed by atoms with Gasteiger partial charge in [-0.2, -0.15) is 5.10 Å². The third-order valence-electron chi connectivity index (χ3n) is 1.55. The van der Waals surface area contributed by atoms with E-state index in [9.17, 15) is 0 Å². The standard InChI is InChI=1S/C7H13N3.ClH/c1-3-6(8)7-4-5-10(2)9-7;/h4-6H,3,8H2,1-2H3;1H. The Balaban J connectivity index is 0.000001000. The number of rotatable bonds is 2. The van der Waals surface area contributed by atoms with Crippen molar-refractivity contribution < 1.29 is 0 Å². The molecule has 4 heteroatoms. The number of aromatic nitrogens is 2. The van der Waals surface area contributed by atoms with E-state index in [-0.39, 0.29) is 18.4 Å². The summed E-state index contributed by atoms with van der Waals surface area (Å²) >= 11 is 0. The Morgan fingerprint density at radius 2 is 2.36 bits per heavy atom. The molecule has 0 bridgehead atoms. The predicted octanol–water partition coefficient (Wildman–Crippen LogP) is 1.25. The van der Waals surface area contributed by atoms with Crippen molar-refractivity contribution in [2.24, 2.45) is 12.8 Å². The maximum absolute atomic E-state index is 5.73. The summed E-state index contributed by atoms with van der Waals surface area (Å²) in [5.41, 5.74) is 6.71. The van der Waals surface area contributed by atoms with E-state index in [0.29, 0.717) is 0 Å². The van der Waals surface area contributed by atoms with Crippen molar-refractivity contribution in [1.82, 2.24) is 9.78 Å². The zero-order chi connectivity index (χ0) is 7.56. The van der Waals surface area contributed by atoms with E-state index >= 15 is 0 Å². The van der Waals surface area contributed by atoms with Gasteiger partial charge in [0.25, 0.3) is 0 Å². The number of hydrogen-bond donors (Lipinski definition) is 1. The second kappa shape index (κ2) is 4.36. The van der Waals surface area contributed by atoms with Gasteiger partial charge in [-0.3, -0.25) is 4.68 Å². The highest BCUT2D eigenvalue weighted by atomic mass is 35.5. The Hall–Kier alpha value is -0.540. The highest BCUT2D eigenvalue weighted by Crippen LogP contribution is 2.08. The van der Waals surface area contributed by atoms with E-state index in [4.69, 9.17) is 5.73 Å². The van der Waals surface area contributed by atoms with Crippen molar-refractivity contribution in [1.29, 1.82) is 0 Å². The zero-order valence-electron chi connectivity index (χ0n) is 6.82. The van der Waals surface area contributed by atoms with Gasteiger partial charge in [-0.25, -0.2) is 0 Å². The molecular weight excluding hydrogens is 162 g/mol. The van der Waals surface area contributed by atoms with E-state index < -0.39 is 0 Å². The largest absolute Gasteiger partial charge is 0.323 e. The van der Waals surface area contributed by atoms with Crippen LogP contribution < -0.4 is 5.73 Å².